The molecule has 0 unspecified atom stereocenters. The van der Waals surface area contributed by atoms with Crippen molar-refractivity contribution in [3.05, 3.63) is 96.1 Å². The van der Waals surface area contributed by atoms with Crippen LogP contribution in [0.2, 0.25) is 0 Å². The largest absolute Gasteiger partial charge is 0.484 e. The number of sulfonamides is 1. The molecule has 1 heterocycles. The van der Waals surface area contributed by atoms with Crippen LogP contribution in [0.1, 0.15) is 42.9 Å². The molecular weight excluding hydrogens is 498 g/mol. The van der Waals surface area contributed by atoms with E-state index in [1.165, 1.54) is 23.3 Å². The van der Waals surface area contributed by atoms with Crippen LogP contribution in [0, 0.1) is 0 Å². The molecule has 1 aliphatic carbocycles. The van der Waals surface area contributed by atoms with Crippen molar-refractivity contribution in [1.82, 2.24) is 14.5 Å². The number of ether oxygens (including phenoxy) is 1. The van der Waals surface area contributed by atoms with Crippen molar-refractivity contribution in [1.29, 1.82) is 0 Å². The first-order chi connectivity index (χ1) is 18.5. The second kappa shape index (κ2) is 12.1. The zero-order valence-corrected chi connectivity index (χ0v) is 22.4. The maximum Gasteiger partial charge on any atom is 0.260 e. The van der Waals surface area contributed by atoms with Gasteiger partial charge >= 0.3 is 0 Å². The Balaban J connectivity index is 1.14. The Morgan fingerprint density at radius 3 is 1.92 bits per heavy atom. The van der Waals surface area contributed by atoms with Gasteiger partial charge in [-0.05, 0) is 48.2 Å². The van der Waals surface area contributed by atoms with E-state index in [0.29, 0.717) is 18.8 Å². The van der Waals surface area contributed by atoms with E-state index >= 15 is 0 Å². The highest BCUT2D eigenvalue weighted by Crippen LogP contribution is 2.29. The number of piperazine rings is 1. The number of hydrogen-bond donors (Lipinski definition) is 1. The highest BCUT2D eigenvalue weighted by molar-refractivity contribution is 7.89. The van der Waals surface area contributed by atoms with Crippen LogP contribution in [0.5, 0.6) is 5.75 Å². The summed E-state index contributed by atoms with van der Waals surface area (Å²) < 4.78 is 33.7. The summed E-state index contributed by atoms with van der Waals surface area (Å²) in [5.41, 5.74) is 2.48. The van der Waals surface area contributed by atoms with Crippen molar-refractivity contribution in [2.75, 3.05) is 32.8 Å². The lowest BCUT2D eigenvalue weighted by molar-refractivity contribution is -0.135. The van der Waals surface area contributed by atoms with E-state index < -0.39 is 10.0 Å². The van der Waals surface area contributed by atoms with E-state index in [2.05, 4.69) is 58.2 Å². The quantitative estimate of drug-likeness (QED) is 0.446. The fourth-order valence-electron chi connectivity index (χ4n) is 5.40. The summed E-state index contributed by atoms with van der Waals surface area (Å²) in [6, 6.07) is 27.4. The van der Waals surface area contributed by atoms with Gasteiger partial charge in [-0.25, -0.2) is 13.1 Å². The molecule has 1 N–H and O–H groups in total. The van der Waals surface area contributed by atoms with Gasteiger partial charge in [0.15, 0.2) is 6.61 Å². The van der Waals surface area contributed by atoms with Gasteiger partial charge in [0.05, 0.1) is 10.9 Å². The minimum absolute atomic E-state index is 0.0182. The summed E-state index contributed by atoms with van der Waals surface area (Å²) in [6.45, 7) is 2.71. The molecule has 0 bridgehead atoms. The van der Waals surface area contributed by atoms with Gasteiger partial charge in [-0.1, -0.05) is 73.5 Å². The van der Waals surface area contributed by atoms with Crippen LogP contribution < -0.4 is 9.46 Å². The molecule has 38 heavy (non-hydrogen) atoms. The van der Waals surface area contributed by atoms with Crippen LogP contribution in [0.15, 0.2) is 89.8 Å². The van der Waals surface area contributed by atoms with E-state index in [1.807, 2.05) is 17.0 Å². The van der Waals surface area contributed by atoms with Gasteiger partial charge in [0, 0.05) is 32.2 Å². The summed E-state index contributed by atoms with van der Waals surface area (Å²) in [5, 5.41) is 0. The van der Waals surface area contributed by atoms with Gasteiger partial charge in [-0.15, -0.1) is 0 Å². The molecule has 0 aromatic heterocycles. The predicted octanol–water partition coefficient (Wildman–Crippen LogP) is 4.22. The number of nitrogens with one attached hydrogen (secondary N) is 1. The maximum atomic E-state index is 12.9. The van der Waals surface area contributed by atoms with Gasteiger partial charge in [0.2, 0.25) is 10.0 Å². The van der Waals surface area contributed by atoms with Crippen molar-refractivity contribution in [3.8, 4) is 5.75 Å². The number of carbonyl (C=O) groups excluding carboxylic acids is 1. The average Bonchev–Trinajstić information content (AvgIpc) is 3.46. The third kappa shape index (κ3) is 6.43. The lowest BCUT2D eigenvalue weighted by Gasteiger charge is -2.39. The van der Waals surface area contributed by atoms with Crippen LogP contribution in [-0.2, 0) is 14.8 Å². The van der Waals surface area contributed by atoms with E-state index in [-0.39, 0.29) is 29.5 Å². The van der Waals surface area contributed by atoms with Crippen LogP contribution in [0.4, 0.5) is 0 Å². The Morgan fingerprint density at radius 2 is 1.37 bits per heavy atom. The second-order valence-corrected chi connectivity index (χ2v) is 11.7. The second-order valence-electron chi connectivity index (χ2n) is 10.0. The van der Waals surface area contributed by atoms with E-state index in [1.54, 1.807) is 12.1 Å². The summed E-state index contributed by atoms with van der Waals surface area (Å²) >= 11 is 0. The van der Waals surface area contributed by atoms with Crippen LogP contribution >= 0.6 is 0 Å². The lowest BCUT2D eigenvalue weighted by Crippen LogP contribution is -2.51. The molecule has 0 spiro atoms. The maximum absolute atomic E-state index is 12.9. The zero-order chi connectivity index (χ0) is 26.4. The number of amides is 1. The summed E-state index contributed by atoms with van der Waals surface area (Å²) in [4.78, 5) is 17.4. The molecule has 1 saturated heterocycles. The molecule has 1 saturated carbocycles. The first-order valence-electron chi connectivity index (χ1n) is 13.4. The molecule has 8 heteroatoms. The standard InChI is InChI=1S/C30H35N3O4S/c34-29(23-37-27-15-17-28(18-16-27)38(35,36)31-26-13-7-8-14-26)32-19-21-33(22-20-32)30(24-9-3-1-4-10-24)25-11-5-2-6-12-25/h1-6,9-12,15-18,26,30-31H,7-8,13-14,19-23H2. The predicted molar refractivity (Wildman–Crippen MR) is 147 cm³/mol. The lowest BCUT2D eigenvalue weighted by atomic mass is 9.96. The normalized spacial score (nSPS) is 17.1. The first kappa shape index (κ1) is 26.4. The summed E-state index contributed by atoms with van der Waals surface area (Å²) in [7, 11) is -3.55. The number of hydrogen-bond acceptors (Lipinski definition) is 5. The Labute approximate surface area is 225 Å². The molecule has 2 aliphatic rings. The van der Waals surface area contributed by atoms with Crippen LogP contribution in [-0.4, -0.2) is 63.0 Å². The summed E-state index contributed by atoms with van der Waals surface area (Å²) in [6.07, 6.45) is 3.89. The molecule has 7 nitrogen and oxygen atoms in total. The van der Waals surface area contributed by atoms with E-state index in [4.69, 9.17) is 4.74 Å². The SMILES string of the molecule is O=C(COc1ccc(S(=O)(=O)NC2CCCC2)cc1)N1CCN(C(c2ccccc2)c2ccccc2)CC1. The third-order valence-corrected chi connectivity index (χ3v) is 8.97. The van der Waals surface area contributed by atoms with Crippen LogP contribution in [0.3, 0.4) is 0 Å². The zero-order valence-electron chi connectivity index (χ0n) is 21.5. The molecule has 1 amide bonds. The minimum atomic E-state index is -3.55. The van der Waals surface area contributed by atoms with Crippen molar-refractivity contribution < 1.29 is 17.9 Å². The van der Waals surface area contributed by atoms with Gasteiger partial charge in [0.1, 0.15) is 5.75 Å². The van der Waals surface area contributed by atoms with Crippen molar-refractivity contribution in [3.63, 3.8) is 0 Å². The first-order valence-corrected chi connectivity index (χ1v) is 14.8. The molecule has 5 rings (SSSR count). The third-order valence-electron chi connectivity index (χ3n) is 7.44. The Bertz CT molecular complexity index is 1250. The smallest absolute Gasteiger partial charge is 0.260 e. The highest BCUT2D eigenvalue weighted by Gasteiger charge is 2.28. The monoisotopic (exact) mass is 533 g/mol. The molecule has 3 aromatic carbocycles. The molecule has 1 aliphatic heterocycles. The molecule has 3 aromatic rings. The fraction of sp³-hybridized carbons (Fsp3) is 0.367. The number of carbonyl (C=O) groups is 1. The van der Waals surface area contributed by atoms with E-state index in [0.717, 1.165) is 38.8 Å². The molecule has 0 atom stereocenters. The molecule has 200 valence electrons. The topological polar surface area (TPSA) is 78.9 Å². The van der Waals surface area contributed by atoms with Crippen molar-refractivity contribution >= 4 is 15.9 Å². The minimum Gasteiger partial charge on any atom is -0.484 e. The van der Waals surface area contributed by atoms with E-state index in [9.17, 15) is 13.2 Å². The highest BCUT2D eigenvalue weighted by atomic mass is 32.2. The molecule has 0 radical (unpaired) electrons. The van der Waals surface area contributed by atoms with Crippen LogP contribution in [0.25, 0.3) is 0 Å². The molecular formula is C30H35N3O4S. The fourth-order valence-corrected chi connectivity index (χ4v) is 6.70. The Hall–Kier alpha value is -3.20. The van der Waals surface area contributed by atoms with Gasteiger partial charge in [0.25, 0.3) is 5.91 Å². The number of benzene rings is 3. The van der Waals surface area contributed by atoms with Crippen molar-refractivity contribution in [2.45, 2.75) is 42.7 Å². The Morgan fingerprint density at radius 1 is 0.816 bits per heavy atom. The number of rotatable bonds is 9. The molecule has 2 fully saturated rings. The average molecular weight is 534 g/mol. The summed E-state index contributed by atoms with van der Waals surface area (Å²) in [5.74, 6) is 0.408. The van der Waals surface area contributed by atoms with Gasteiger partial charge in [-0.3, -0.25) is 9.69 Å². The Kier molecular flexibility index (Phi) is 8.42. The van der Waals surface area contributed by atoms with Gasteiger partial charge < -0.3 is 9.64 Å². The van der Waals surface area contributed by atoms with Crippen molar-refractivity contribution in [2.24, 2.45) is 0 Å². The number of nitrogens with zero attached hydrogens (tertiary/aromatic N) is 2. The van der Waals surface area contributed by atoms with Gasteiger partial charge in [-0.2, -0.15) is 0 Å².